The third kappa shape index (κ3) is 4.14. The van der Waals surface area contributed by atoms with E-state index in [-0.39, 0.29) is 17.6 Å². The van der Waals surface area contributed by atoms with Gasteiger partial charge in [0.15, 0.2) is 17.3 Å². The monoisotopic (exact) mass is 432 g/mol. The van der Waals surface area contributed by atoms with Crippen LogP contribution in [0.25, 0.3) is 5.57 Å². The smallest absolute Gasteiger partial charge is 0.194 e. The van der Waals surface area contributed by atoms with E-state index in [1.165, 1.54) is 6.07 Å². The van der Waals surface area contributed by atoms with Crippen LogP contribution >= 0.6 is 15.9 Å². The van der Waals surface area contributed by atoms with E-state index in [4.69, 9.17) is 9.47 Å². The molecule has 1 aliphatic rings. The van der Waals surface area contributed by atoms with Crippen LogP contribution in [0.4, 0.5) is 4.39 Å². The van der Waals surface area contributed by atoms with E-state index in [0.29, 0.717) is 15.8 Å². The van der Waals surface area contributed by atoms with Gasteiger partial charge in [-0.3, -0.25) is 4.79 Å². The van der Waals surface area contributed by atoms with Crippen molar-refractivity contribution in [3.63, 3.8) is 0 Å². The first-order chi connectivity index (χ1) is 12.7. The standard InChI is InChI=1S/C22H22BrFO3/c1-5-14-6-8-16(26-20-9-7-15(23)11-19(20)24)12-17(14)18-10-13(2)27-22(3,4)21(18)25/h6-13H,5H2,1-4H3. The van der Waals surface area contributed by atoms with E-state index < -0.39 is 11.4 Å². The molecule has 1 aliphatic heterocycles. The summed E-state index contributed by atoms with van der Waals surface area (Å²) in [6, 6.07) is 10.2. The maximum Gasteiger partial charge on any atom is 0.194 e. The van der Waals surface area contributed by atoms with Gasteiger partial charge >= 0.3 is 0 Å². The highest BCUT2D eigenvalue weighted by Crippen LogP contribution is 2.35. The second-order valence-electron chi connectivity index (χ2n) is 7.09. The van der Waals surface area contributed by atoms with Crippen molar-refractivity contribution in [1.82, 2.24) is 0 Å². The summed E-state index contributed by atoms with van der Waals surface area (Å²) in [4.78, 5) is 12.9. The first-order valence-corrected chi connectivity index (χ1v) is 9.71. The average molecular weight is 433 g/mol. The second-order valence-corrected chi connectivity index (χ2v) is 8.01. The number of carbonyl (C=O) groups is 1. The lowest BCUT2D eigenvalue weighted by Crippen LogP contribution is -2.41. The molecule has 1 atom stereocenters. The summed E-state index contributed by atoms with van der Waals surface area (Å²) in [6.45, 7) is 7.51. The normalized spacial score (nSPS) is 19.0. The number of halogens is 2. The third-order valence-corrected chi connectivity index (χ3v) is 5.04. The predicted molar refractivity (Wildman–Crippen MR) is 108 cm³/mol. The van der Waals surface area contributed by atoms with Gasteiger partial charge < -0.3 is 9.47 Å². The van der Waals surface area contributed by atoms with Gasteiger partial charge in [0.25, 0.3) is 0 Å². The minimum atomic E-state index is -0.886. The summed E-state index contributed by atoms with van der Waals surface area (Å²) in [5.74, 6) is 0.0901. The zero-order valence-corrected chi connectivity index (χ0v) is 17.4. The number of Topliss-reactive ketones (excluding diaryl/α,β-unsaturated/α-hetero) is 1. The Labute approximate surface area is 167 Å². The fraction of sp³-hybridized carbons (Fsp3) is 0.318. The minimum Gasteiger partial charge on any atom is -0.454 e. The molecule has 1 unspecified atom stereocenters. The Hall–Kier alpha value is -1.98. The quantitative estimate of drug-likeness (QED) is 0.585. The lowest BCUT2D eigenvalue weighted by Gasteiger charge is -2.33. The maximum atomic E-state index is 14.1. The fourth-order valence-corrected chi connectivity index (χ4v) is 3.60. The molecule has 2 aromatic rings. The molecular weight excluding hydrogens is 411 g/mol. The Morgan fingerprint density at radius 3 is 2.63 bits per heavy atom. The Balaban J connectivity index is 2.03. The summed E-state index contributed by atoms with van der Waals surface area (Å²) in [7, 11) is 0. The van der Waals surface area contributed by atoms with Crippen LogP contribution < -0.4 is 4.74 Å². The zero-order valence-electron chi connectivity index (χ0n) is 15.8. The second kappa shape index (κ2) is 7.56. The van der Waals surface area contributed by atoms with Crippen molar-refractivity contribution in [2.75, 3.05) is 0 Å². The first-order valence-electron chi connectivity index (χ1n) is 8.92. The van der Waals surface area contributed by atoms with Crippen LogP contribution in [0.5, 0.6) is 11.5 Å². The van der Waals surface area contributed by atoms with Crippen molar-refractivity contribution >= 4 is 27.3 Å². The topological polar surface area (TPSA) is 35.5 Å². The van der Waals surface area contributed by atoms with Gasteiger partial charge in [0.05, 0.1) is 6.10 Å². The zero-order chi connectivity index (χ0) is 19.8. The number of carbonyl (C=O) groups excluding carboxylic acids is 1. The van der Waals surface area contributed by atoms with Gasteiger partial charge in [0, 0.05) is 10.0 Å². The molecule has 0 amide bonds. The molecule has 0 aromatic heterocycles. The number of rotatable bonds is 4. The van der Waals surface area contributed by atoms with Crippen molar-refractivity contribution in [3.05, 3.63) is 63.9 Å². The molecule has 1 heterocycles. The number of hydrogen-bond donors (Lipinski definition) is 0. The number of ether oxygens (including phenoxy) is 2. The summed E-state index contributed by atoms with van der Waals surface area (Å²) >= 11 is 3.23. The van der Waals surface area contributed by atoms with E-state index in [2.05, 4.69) is 15.9 Å². The number of aryl methyl sites for hydroxylation is 1. The lowest BCUT2D eigenvalue weighted by molar-refractivity contribution is -0.139. The SMILES string of the molecule is CCc1ccc(Oc2ccc(Br)cc2F)cc1C1=CC(C)OC(C)(C)C1=O. The Kier molecular flexibility index (Phi) is 5.54. The molecule has 3 rings (SSSR count). The lowest BCUT2D eigenvalue weighted by atomic mass is 9.85. The molecule has 0 radical (unpaired) electrons. The molecule has 0 saturated heterocycles. The van der Waals surface area contributed by atoms with E-state index in [1.54, 1.807) is 38.1 Å². The molecule has 0 saturated carbocycles. The van der Waals surface area contributed by atoms with Gasteiger partial charge in [-0.1, -0.05) is 28.9 Å². The van der Waals surface area contributed by atoms with Crippen LogP contribution in [0.1, 0.15) is 38.8 Å². The van der Waals surface area contributed by atoms with Crippen molar-refractivity contribution in [1.29, 1.82) is 0 Å². The van der Waals surface area contributed by atoms with Gasteiger partial charge in [-0.15, -0.1) is 0 Å². The molecule has 2 aromatic carbocycles. The summed E-state index contributed by atoms with van der Waals surface area (Å²) < 4.78 is 26.3. The number of ketones is 1. The van der Waals surface area contributed by atoms with Crippen molar-refractivity contribution in [2.45, 2.75) is 45.8 Å². The molecule has 5 heteroatoms. The molecule has 3 nitrogen and oxygen atoms in total. The van der Waals surface area contributed by atoms with Crippen molar-refractivity contribution in [3.8, 4) is 11.5 Å². The summed E-state index contributed by atoms with van der Waals surface area (Å²) in [6.07, 6.45) is 2.43. The molecule has 0 bridgehead atoms. The van der Waals surface area contributed by atoms with Crippen LogP contribution in [-0.4, -0.2) is 17.5 Å². The Morgan fingerprint density at radius 2 is 1.96 bits per heavy atom. The summed E-state index contributed by atoms with van der Waals surface area (Å²) in [5.41, 5.74) is 1.57. The first kappa shape index (κ1) is 19.8. The summed E-state index contributed by atoms with van der Waals surface area (Å²) in [5, 5.41) is 0. The largest absolute Gasteiger partial charge is 0.454 e. The number of benzene rings is 2. The molecule has 0 fully saturated rings. The van der Waals surface area contributed by atoms with Gasteiger partial charge in [-0.05, 0) is 74.7 Å². The van der Waals surface area contributed by atoms with Gasteiger partial charge in [-0.25, -0.2) is 4.39 Å². The van der Waals surface area contributed by atoms with Crippen molar-refractivity contribution < 1.29 is 18.7 Å². The van der Waals surface area contributed by atoms with Crippen LogP contribution in [-0.2, 0) is 16.0 Å². The van der Waals surface area contributed by atoms with Crippen LogP contribution in [0.2, 0.25) is 0 Å². The fourth-order valence-electron chi connectivity index (χ4n) is 3.26. The molecule has 0 N–H and O–H groups in total. The van der Waals surface area contributed by atoms with E-state index in [9.17, 15) is 9.18 Å². The molecule has 0 aliphatic carbocycles. The molecule has 0 spiro atoms. The third-order valence-electron chi connectivity index (χ3n) is 4.55. The van der Waals surface area contributed by atoms with E-state index in [1.807, 2.05) is 26.0 Å². The van der Waals surface area contributed by atoms with Gasteiger partial charge in [-0.2, -0.15) is 0 Å². The van der Waals surface area contributed by atoms with Gasteiger partial charge in [0.2, 0.25) is 0 Å². The molecule has 142 valence electrons. The highest BCUT2D eigenvalue weighted by molar-refractivity contribution is 9.10. The van der Waals surface area contributed by atoms with E-state index >= 15 is 0 Å². The van der Waals surface area contributed by atoms with Crippen LogP contribution in [0, 0.1) is 5.82 Å². The highest BCUT2D eigenvalue weighted by atomic mass is 79.9. The van der Waals surface area contributed by atoms with Crippen molar-refractivity contribution in [2.24, 2.45) is 0 Å². The highest BCUT2D eigenvalue weighted by Gasteiger charge is 2.37. The maximum absolute atomic E-state index is 14.1. The molecular formula is C22H22BrFO3. The Bertz CT molecular complexity index is 918. The number of hydrogen-bond acceptors (Lipinski definition) is 3. The van der Waals surface area contributed by atoms with Crippen LogP contribution in [0.3, 0.4) is 0 Å². The minimum absolute atomic E-state index is 0.0673. The Morgan fingerprint density at radius 1 is 1.22 bits per heavy atom. The van der Waals surface area contributed by atoms with E-state index in [0.717, 1.165) is 17.5 Å². The predicted octanol–water partition coefficient (Wildman–Crippen LogP) is 6.09. The van der Waals surface area contributed by atoms with Gasteiger partial charge in [0.1, 0.15) is 11.4 Å². The van der Waals surface area contributed by atoms with Crippen LogP contribution in [0.15, 0.2) is 46.9 Å². The average Bonchev–Trinajstić information content (AvgIpc) is 2.60. The molecule has 27 heavy (non-hydrogen) atoms.